The van der Waals surface area contributed by atoms with Gasteiger partial charge in [0.05, 0.1) is 13.4 Å². The smallest absolute Gasteiger partial charge is 0.284 e. The third-order valence-corrected chi connectivity index (χ3v) is 1.14. The first-order chi connectivity index (χ1) is 5.20. The van der Waals surface area contributed by atoms with E-state index in [1.807, 2.05) is 23.9 Å². The van der Waals surface area contributed by atoms with Crippen molar-refractivity contribution in [1.82, 2.24) is 15.0 Å². The van der Waals surface area contributed by atoms with Crippen molar-refractivity contribution < 1.29 is 4.65 Å². The molecule has 6 heteroatoms. The molecule has 60 valence electrons. The van der Waals surface area contributed by atoms with Gasteiger partial charge in [-0.2, -0.15) is 0 Å². The Labute approximate surface area is 70.7 Å². The first-order valence-corrected chi connectivity index (χ1v) is 3.33. The van der Waals surface area contributed by atoms with Crippen LogP contribution in [0.4, 0.5) is 0 Å². The standard InChI is InChI=1S/C5H13B2N3O/c1-9(3-8-6)4-10(2)5-11-7/h8H,3-5H2,1-2H3. The van der Waals surface area contributed by atoms with E-state index >= 15 is 0 Å². The molecule has 0 unspecified atom stereocenters. The van der Waals surface area contributed by atoms with Gasteiger partial charge in [-0.1, -0.05) is 0 Å². The molecule has 4 nitrogen and oxygen atoms in total. The molecule has 0 aliphatic carbocycles. The summed E-state index contributed by atoms with van der Waals surface area (Å²) in [7, 11) is 13.8. The average Bonchev–Trinajstić information content (AvgIpc) is 1.87. The maximum atomic E-state index is 5.11. The second-order valence-electron chi connectivity index (χ2n) is 2.51. The van der Waals surface area contributed by atoms with Crippen molar-refractivity contribution in [1.29, 1.82) is 0 Å². The zero-order valence-electron chi connectivity index (χ0n) is 7.08. The summed E-state index contributed by atoms with van der Waals surface area (Å²) < 4.78 is 4.43. The van der Waals surface area contributed by atoms with E-state index in [0.29, 0.717) is 13.4 Å². The minimum atomic E-state index is 0.412. The molecule has 0 spiro atoms. The monoisotopic (exact) mass is 153 g/mol. The molecule has 0 aromatic heterocycles. The van der Waals surface area contributed by atoms with E-state index in [4.69, 9.17) is 16.0 Å². The second-order valence-corrected chi connectivity index (χ2v) is 2.51. The van der Waals surface area contributed by atoms with Crippen LogP contribution in [-0.4, -0.2) is 60.0 Å². The molecule has 0 aromatic rings. The first kappa shape index (κ1) is 11.0. The number of hydrogen-bond donors (Lipinski definition) is 1. The highest BCUT2D eigenvalue weighted by Gasteiger charge is 1.99. The molecule has 0 amide bonds. The lowest BCUT2D eigenvalue weighted by molar-refractivity contribution is 0.102. The minimum Gasteiger partial charge on any atom is -0.436 e. The highest BCUT2D eigenvalue weighted by atomic mass is 16.4. The van der Waals surface area contributed by atoms with Crippen LogP contribution in [0.1, 0.15) is 0 Å². The Hall–Kier alpha value is -0.0301. The van der Waals surface area contributed by atoms with Crippen LogP contribution in [0.15, 0.2) is 0 Å². The van der Waals surface area contributed by atoms with Gasteiger partial charge in [-0.3, -0.25) is 9.80 Å². The molecule has 0 heterocycles. The Bertz CT molecular complexity index is 85.8. The maximum Gasteiger partial charge on any atom is 0.284 e. The SMILES string of the molecule is [B]NCN(C)CN(C)CO[B]. The van der Waals surface area contributed by atoms with E-state index in [1.54, 1.807) is 0 Å². The summed E-state index contributed by atoms with van der Waals surface area (Å²) in [6.07, 6.45) is 0. The van der Waals surface area contributed by atoms with Crippen molar-refractivity contribution in [2.45, 2.75) is 0 Å². The summed E-state index contributed by atoms with van der Waals surface area (Å²) >= 11 is 0. The predicted molar refractivity (Wildman–Crippen MR) is 45.9 cm³/mol. The molecular weight excluding hydrogens is 140 g/mol. The summed E-state index contributed by atoms with van der Waals surface area (Å²) in [6.45, 7) is 1.80. The lowest BCUT2D eigenvalue weighted by Crippen LogP contribution is -2.38. The van der Waals surface area contributed by atoms with Crippen molar-refractivity contribution in [2.75, 3.05) is 34.2 Å². The van der Waals surface area contributed by atoms with Crippen molar-refractivity contribution in [3.8, 4) is 0 Å². The summed E-state index contributed by atoms with van der Waals surface area (Å²) in [5, 5.41) is 2.54. The van der Waals surface area contributed by atoms with Crippen molar-refractivity contribution in [3.63, 3.8) is 0 Å². The molecule has 0 bridgehead atoms. The fourth-order valence-electron chi connectivity index (χ4n) is 0.786. The van der Waals surface area contributed by atoms with E-state index in [9.17, 15) is 0 Å². The second kappa shape index (κ2) is 6.67. The van der Waals surface area contributed by atoms with Gasteiger partial charge in [-0.05, 0) is 14.1 Å². The number of rotatable bonds is 6. The van der Waals surface area contributed by atoms with Crippen LogP contribution in [0.5, 0.6) is 0 Å². The molecule has 0 atom stereocenters. The first-order valence-electron chi connectivity index (χ1n) is 3.33. The van der Waals surface area contributed by atoms with Gasteiger partial charge in [0, 0.05) is 6.67 Å². The van der Waals surface area contributed by atoms with Gasteiger partial charge >= 0.3 is 0 Å². The van der Waals surface area contributed by atoms with Crippen LogP contribution >= 0.6 is 0 Å². The highest BCUT2D eigenvalue weighted by Crippen LogP contribution is 1.85. The van der Waals surface area contributed by atoms with Gasteiger partial charge in [-0.25, -0.2) is 0 Å². The fraction of sp³-hybridized carbons (Fsp3) is 1.00. The van der Waals surface area contributed by atoms with E-state index in [1.165, 1.54) is 0 Å². The van der Waals surface area contributed by atoms with E-state index < -0.39 is 0 Å². The fourth-order valence-corrected chi connectivity index (χ4v) is 0.786. The van der Waals surface area contributed by atoms with Crippen LogP contribution in [0.2, 0.25) is 0 Å². The van der Waals surface area contributed by atoms with Gasteiger partial charge < -0.3 is 9.88 Å². The Morgan fingerprint density at radius 2 is 2.00 bits per heavy atom. The Balaban J connectivity index is 3.32. The molecule has 0 aromatic carbocycles. The Kier molecular flexibility index (Phi) is 6.65. The molecular formula is C5H13B2N3O. The molecule has 0 aliphatic rings. The lowest BCUT2D eigenvalue weighted by Gasteiger charge is -2.23. The van der Waals surface area contributed by atoms with E-state index in [2.05, 4.69) is 9.88 Å². The normalized spacial score (nSPS) is 11.3. The Morgan fingerprint density at radius 1 is 1.36 bits per heavy atom. The summed E-state index contributed by atoms with van der Waals surface area (Å²) in [5.41, 5.74) is 0. The summed E-state index contributed by atoms with van der Waals surface area (Å²) in [6, 6.07) is 0. The molecule has 0 saturated carbocycles. The zero-order chi connectivity index (χ0) is 8.69. The zero-order valence-corrected chi connectivity index (χ0v) is 7.08. The Morgan fingerprint density at radius 3 is 2.45 bits per heavy atom. The van der Waals surface area contributed by atoms with Crippen LogP contribution < -0.4 is 5.23 Å². The van der Waals surface area contributed by atoms with Crippen LogP contribution in [-0.2, 0) is 4.65 Å². The van der Waals surface area contributed by atoms with Crippen LogP contribution in [0, 0.1) is 0 Å². The molecule has 0 rings (SSSR count). The van der Waals surface area contributed by atoms with Crippen molar-refractivity contribution in [3.05, 3.63) is 0 Å². The van der Waals surface area contributed by atoms with Crippen molar-refractivity contribution >= 4 is 16.0 Å². The van der Waals surface area contributed by atoms with Gasteiger partial charge in [0.25, 0.3) is 8.05 Å². The minimum absolute atomic E-state index is 0.412. The van der Waals surface area contributed by atoms with Gasteiger partial charge in [-0.15, -0.1) is 0 Å². The predicted octanol–water partition coefficient (Wildman–Crippen LogP) is -1.50. The molecule has 11 heavy (non-hydrogen) atoms. The molecule has 4 radical (unpaired) electrons. The molecule has 0 fully saturated rings. The largest absolute Gasteiger partial charge is 0.436 e. The summed E-state index contributed by atoms with van der Waals surface area (Å²) in [4.78, 5) is 3.90. The highest BCUT2D eigenvalue weighted by molar-refractivity contribution is 6.04. The molecule has 0 aliphatic heterocycles. The van der Waals surface area contributed by atoms with E-state index in [-0.39, 0.29) is 0 Å². The third kappa shape index (κ3) is 6.37. The lowest BCUT2D eigenvalue weighted by atomic mass is 10.4. The van der Waals surface area contributed by atoms with Gasteiger partial charge in [0.1, 0.15) is 0 Å². The topological polar surface area (TPSA) is 27.7 Å². The number of nitrogens with zero attached hydrogens (tertiary/aromatic N) is 2. The van der Waals surface area contributed by atoms with Gasteiger partial charge in [0.15, 0.2) is 7.98 Å². The van der Waals surface area contributed by atoms with Gasteiger partial charge in [0.2, 0.25) is 0 Å². The number of nitrogens with one attached hydrogen (secondary N) is 1. The quantitative estimate of drug-likeness (QED) is 0.371. The third-order valence-electron chi connectivity index (χ3n) is 1.14. The summed E-state index contributed by atoms with van der Waals surface area (Å²) in [5.74, 6) is 0. The number of hydrogen-bond acceptors (Lipinski definition) is 4. The van der Waals surface area contributed by atoms with Crippen LogP contribution in [0.25, 0.3) is 0 Å². The van der Waals surface area contributed by atoms with E-state index in [0.717, 1.165) is 6.67 Å². The average molecular weight is 153 g/mol. The van der Waals surface area contributed by atoms with Crippen molar-refractivity contribution in [2.24, 2.45) is 0 Å². The maximum absolute atomic E-state index is 5.11. The van der Waals surface area contributed by atoms with Crippen LogP contribution in [0.3, 0.4) is 0 Å². The molecule has 1 N–H and O–H groups in total. The molecule has 0 saturated heterocycles.